The van der Waals surface area contributed by atoms with Crippen LogP contribution >= 0.6 is 22.9 Å². The first-order chi connectivity index (χ1) is 23.5. The molecule has 10 heteroatoms. The number of hydrogen-bond donors (Lipinski definition) is 0. The van der Waals surface area contributed by atoms with E-state index in [0.29, 0.717) is 39.3 Å². The van der Waals surface area contributed by atoms with Gasteiger partial charge in [-0.05, 0) is 78.7 Å². The minimum Gasteiger partial charge on any atom is -0.494 e. The summed E-state index contributed by atoms with van der Waals surface area (Å²) in [6.45, 7) is 3.12. The Morgan fingerprint density at radius 3 is 2.31 bits per heavy atom. The quantitative estimate of drug-likeness (QED) is 0.140. The Morgan fingerprint density at radius 1 is 0.833 bits per heavy atom. The van der Waals surface area contributed by atoms with Crippen molar-refractivity contribution >= 4 is 46.1 Å². The largest absolute Gasteiger partial charge is 0.494 e. The van der Waals surface area contributed by atoms with Gasteiger partial charge in [-0.15, -0.1) is 5.10 Å². The number of hydrogen-bond acceptors (Lipinski definition) is 7. The van der Waals surface area contributed by atoms with Crippen LogP contribution in [0.15, 0.2) is 114 Å². The standard InChI is InChI=1S/C38H30ClN5O3S/c1-2-22-46-31-17-12-26(13-18-31)14-21-35-40-38-44(41-35)37(45)34(48-38)23-29-24-43(30-9-4-3-5-10-30)42-36(29)27-15-19-32(20-16-27)47-25-28-8-6-7-11-33(28)39/h3-21,23-24H,2,22,25H2,1H3/b21-14+,34-23-. The smallest absolute Gasteiger partial charge is 0.291 e. The normalized spacial score (nSPS) is 11.9. The number of aromatic nitrogens is 5. The Morgan fingerprint density at radius 2 is 1.56 bits per heavy atom. The highest BCUT2D eigenvalue weighted by Crippen LogP contribution is 2.27. The van der Waals surface area contributed by atoms with E-state index < -0.39 is 0 Å². The molecule has 0 bridgehead atoms. The summed E-state index contributed by atoms with van der Waals surface area (Å²) in [6.07, 6.45) is 8.45. The minimum atomic E-state index is -0.235. The number of thiazole rings is 1. The van der Waals surface area contributed by atoms with E-state index in [4.69, 9.17) is 26.2 Å². The summed E-state index contributed by atoms with van der Waals surface area (Å²) in [7, 11) is 0. The van der Waals surface area contributed by atoms with Gasteiger partial charge in [0.05, 0.1) is 16.8 Å². The van der Waals surface area contributed by atoms with E-state index in [1.165, 1.54) is 15.9 Å². The first kappa shape index (κ1) is 31.1. The van der Waals surface area contributed by atoms with Crippen LogP contribution in [0, 0.1) is 0 Å². The van der Waals surface area contributed by atoms with Gasteiger partial charge in [0.15, 0.2) is 5.82 Å². The molecule has 0 aliphatic carbocycles. The second-order valence-corrected chi connectivity index (χ2v) is 12.4. The molecule has 0 saturated heterocycles. The molecule has 3 aromatic heterocycles. The third-order valence-corrected chi connectivity index (χ3v) is 8.83. The second kappa shape index (κ2) is 14.1. The molecule has 238 valence electrons. The molecule has 0 atom stereocenters. The molecule has 7 aromatic rings. The molecular weight excluding hydrogens is 642 g/mol. The molecule has 0 radical (unpaired) electrons. The molecule has 0 spiro atoms. The monoisotopic (exact) mass is 671 g/mol. The fourth-order valence-corrected chi connectivity index (χ4v) is 6.14. The van der Waals surface area contributed by atoms with Crippen molar-refractivity contribution in [2.24, 2.45) is 0 Å². The maximum Gasteiger partial charge on any atom is 0.291 e. The van der Waals surface area contributed by atoms with Crippen LogP contribution in [-0.4, -0.2) is 31.0 Å². The average Bonchev–Trinajstić information content (AvgIpc) is 3.81. The summed E-state index contributed by atoms with van der Waals surface area (Å²) in [6, 6.07) is 33.0. The molecule has 0 N–H and O–H groups in total. The molecule has 0 aliphatic rings. The van der Waals surface area contributed by atoms with Crippen molar-refractivity contribution in [3.05, 3.63) is 152 Å². The number of nitrogens with zero attached hydrogens (tertiary/aromatic N) is 5. The summed E-state index contributed by atoms with van der Waals surface area (Å²) in [5, 5.41) is 10.0. The van der Waals surface area contributed by atoms with E-state index in [-0.39, 0.29) is 5.56 Å². The number of halogens is 1. The van der Waals surface area contributed by atoms with Crippen molar-refractivity contribution in [2.75, 3.05) is 6.61 Å². The van der Waals surface area contributed by atoms with Crippen LogP contribution in [0.3, 0.4) is 0 Å². The molecule has 0 saturated carbocycles. The number of rotatable bonds is 11. The molecule has 3 heterocycles. The van der Waals surface area contributed by atoms with Gasteiger partial charge >= 0.3 is 0 Å². The van der Waals surface area contributed by atoms with Crippen molar-refractivity contribution in [2.45, 2.75) is 20.0 Å². The van der Waals surface area contributed by atoms with Crippen molar-refractivity contribution in [1.82, 2.24) is 24.4 Å². The zero-order valence-electron chi connectivity index (χ0n) is 26.0. The van der Waals surface area contributed by atoms with Gasteiger partial charge in [-0.25, -0.2) is 4.68 Å². The Kier molecular flexibility index (Phi) is 9.13. The second-order valence-electron chi connectivity index (χ2n) is 10.9. The van der Waals surface area contributed by atoms with Gasteiger partial charge in [-0.1, -0.05) is 84.5 Å². The Bertz CT molecular complexity index is 2310. The van der Waals surface area contributed by atoms with Crippen LogP contribution in [0.25, 0.3) is 40.1 Å². The van der Waals surface area contributed by atoms with Crippen molar-refractivity contribution in [1.29, 1.82) is 0 Å². The van der Waals surface area contributed by atoms with Crippen LogP contribution in [0.2, 0.25) is 5.02 Å². The summed E-state index contributed by atoms with van der Waals surface area (Å²) in [4.78, 5) is 18.6. The number of benzene rings is 4. The molecule has 7 rings (SSSR count). The number of para-hydroxylation sites is 1. The van der Waals surface area contributed by atoms with Gasteiger partial charge < -0.3 is 9.47 Å². The van der Waals surface area contributed by atoms with Gasteiger partial charge in [0, 0.05) is 27.9 Å². The fourth-order valence-electron chi connectivity index (χ4n) is 5.04. The van der Waals surface area contributed by atoms with E-state index in [9.17, 15) is 4.79 Å². The third kappa shape index (κ3) is 6.92. The molecule has 0 aliphatic heterocycles. The Hall–Kier alpha value is -5.51. The maximum absolute atomic E-state index is 13.5. The van der Waals surface area contributed by atoms with Crippen LogP contribution in [-0.2, 0) is 6.61 Å². The molecule has 48 heavy (non-hydrogen) atoms. The zero-order chi connectivity index (χ0) is 32.9. The molecule has 0 amide bonds. The summed E-state index contributed by atoms with van der Waals surface area (Å²) < 4.78 is 15.3. The van der Waals surface area contributed by atoms with E-state index in [2.05, 4.69) is 17.0 Å². The zero-order valence-corrected chi connectivity index (χ0v) is 27.6. The molecule has 8 nitrogen and oxygen atoms in total. The predicted octanol–water partition coefficient (Wildman–Crippen LogP) is 7.74. The summed E-state index contributed by atoms with van der Waals surface area (Å²) >= 11 is 7.58. The SMILES string of the molecule is CCCOc1ccc(/C=C/c2nc3s/c(=C\c4cn(-c5ccccc5)nc4-c4ccc(OCc5ccccc5Cl)cc4)c(=O)n3n2)cc1. The third-order valence-electron chi connectivity index (χ3n) is 7.51. The van der Waals surface area contributed by atoms with Gasteiger partial charge in [0.2, 0.25) is 4.96 Å². The first-order valence-electron chi connectivity index (χ1n) is 15.5. The van der Waals surface area contributed by atoms with E-state index in [0.717, 1.165) is 45.8 Å². The highest BCUT2D eigenvalue weighted by atomic mass is 35.5. The van der Waals surface area contributed by atoms with Crippen LogP contribution in [0.4, 0.5) is 0 Å². The lowest BCUT2D eigenvalue weighted by Crippen LogP contribution is -2.23. The molecule has 0 fully saturated rings. The van der Waals surface area contributed by atoms with Gasteiger partial charge in [-0.3, -0.25) is 4.79 Å². The van der Waals surface area contributed by atoms with Gasteiger partial charge in [-0.2, -0.15) is 14.6 Å². The highest BCUT2D eigenvalue weighted by Gasteiger charge is 2.14. The lowest BCUT2D eigenvalue weighted by Gasteiger charge is -2.08. The Balaban J connectivity index is 1.16. The van der Waals surface area contributed by atoms with E-state index in [1.54, 1.807) is 6.08 Å². The maximum atomic E-state index is 13.5. The van der Waals surface area contributed by atoms with E-state index in [1.807, 2.05) is 126 Å². The average molecular weight is 672 g/mol. The summed E-state index contributed by atoms with van der Waals surface area (Å²) in [5.41, 5.74) is 4.96. The molecular formula is C38H30ClN5O3S. The fraction of sp³-hybridized carbons (Fsp3) is 0.105. The van der Waals surface area contributed by atoms with Crippen LogP contribution in [0.1, 0.15) is 35.9 Å². The van der Waals surface area contributed by atoms with Crippen molar-refractivity contribution in [3.8, 4) is 28.4 Å². The Labute approximate surface area is 285 Å². The number of fused-ring (bicyclic) bond motifs is 1. The molecule has 4 aromatic carbocycles. The molecule has 0 unspecified atom stereocenters. The lowest BCUT2D eigenvalue weighted by molar-refractivity contribution is 0.306. The lowest BCUT2D eigenvalue weighted by atomic mass is 10.1. The minimum absolute atomic E-state index is 0.235. The predicted molar refractivity (Wildman–Crippen MR) is 192 cm³/mol. The topological polar surface area (TPSA) is 83.5 Å². The van der Waals surface area contributed by atoms with E-state index >= 15 is 0 Å². The van der Waals surface area contributed by atoms with Crippen LogP contribution < -0.4 is 19.6 Å². The summed E-state index contributed by atoms with van der Waals surface area (Å²) in [5.74, 6) is 2.01. The van der Waals surface area contributed by atoms with Crippen LogP contribution in [0.5, 0.6) is 11.5 Å². The van der Waals surface area contributed by atoms with Crippen molar-refractivity contribution < 1.29 is 9.47 Å². The van der Waals surface area contributed by atoms with Gasteiger partial charge in [0.1, 0.15) is 23.8 Å². The van der Waals surface area contributed by atoms with Crippen molar-refractivity contribution in [3.63, 3.8) is 0 Å². The number of ether oxygens (including phenoxy) is 2. The first-order valence-corrected chi connectivity index (χ1v) is 16.7. The van der Waals surface area contributed by atoms with Gasteiger partial charge in [0.25, 0.3) is 5.56 Å². The highest BCUT2D eigenvalue weighted by molar-refractivity contribution is 7.15.